The largest absolute Gasteiger partial charge is 0.0648 e. The van der Waals surface area contributed by atoms with Gasteiger partial charge in [-0.15, -0.1) is 0 Å². The standard InChI is InChI=1S/C13H19/c1-3-5-9-12(4-2)13-10-7-6-8-11-13/h6-8,10-12H,1,3-5,9H2,2H3. The molecule has 0 heterocycles. The van der Waals surface area contributed by atoms with Crippen molar-refractivity contribution in [3.63, 3.8) is 0 Å². The molecular weight excluding hydrogens is 156 g/mol. The van der Waals surface area contributed by atoms with E-state index in [0.717, 1.165) is 12.3 Å². The van der Waals surface area contributed by atoms with Gasteiger partial charge in [0.05, 0.1) is 0 Å². The summed E-state index contributed by atoms with van der Waals surface area (Å²) >= 11 is 0. The first-order valence-corrected chi connectivity index (χ1v) is 5.22. The molecule has 0 saturated heterocycles. The average Bonchev–Trinajstić information content (AvgIpc) is 2.21. The molecule has 1 aromatic carbocycles. The Kier molecular flexibility index (Phi) is 4.59. The first-order chi connectivity index (χ1) is 6.38. The van der Waals surface area contributed by atoms with Gasteiger partial charge in [-0.1, -0.05) is 57.0 Å². The molecule has 0 N–H and O–H groups in total. The van der Waals surface area contributed by atoms with Crippen LogP contribution in [0, 0.1) is 6.92 Å². The van der Waals surface area contributed by atoms with Crippen LogP contribution < -0.4 is 0 Å². The molecule has 0 fully saturated rings. The Morgan fingerprint density at radius 2 is 1.92 bits per heavy atom. The quantitative estimate of drug-likeness (QED) is 0.629. The molecule has 0 aliphatic carbocycles. The Morgan fingerprint density at radius 1 is 1.23 bits per heavy atom. The minimum absolute atomic E-state index is 0.739. The van der Waals surface area contributed by atoms with E-state index in [1.165, 1.54) is 24.8 Å². The highest BCUT2D eigenvalue weighted by Gasteiger charge is 2.06. The zero-order valence-corrected chi connectivity index (χ0v) is 8.50. The molecule has 0 saturated carbocycles. The molecule has 0 heteroatoms. The molecule has 71 valence electrons. The van der Waals surface area contributed by atoms with E-state index < -0.39 is 0 Å². The molecule has 0 aromatic heterocycles. The molecule has 1 atom stereocenters. The molecule has 1 unspecified atom stereocenters. The summed E-state index contributed by atoms with van der Waals surface area (Å²) in [7, 11) is 0. The maximum absolute atomic E-state index is 3.89. The summed E-state index contributed by atoms with van der Waals surface area (Å²) in [5, 5.41) is 0. The molecule has 0 nitrogen and oxygen atoms in total. The highest BCUT2D eigenvalue weighted by Crippen LogP contribution is 2.24. The van der Waals surface area contributed by atoms with Crippen molar-refractivity contribution < 1.29 is 0 Å². The number of hydrogen-bond acceptors (Lipinski definition) is 0. The molecule has 1 aromatic rings. The second-order valence-electron chi connectivity index (χ2n) is 3.51. The highest BCUT2D eigenvalue weighted by atomic mass is 14.1. The van der Waals surface area contributed by atoms with Gasteiger partial charge >= 0.3 is 0 Å². The summed E-state index contributed by atoms with van der Waals surface area (Å²) in [6.45, 7) is 6.15. The maximum Gasteiger partial charge on any atom is -0.0165 e. The van der Waals surface area contributed by atoms with Crippen molar-refractivity contribution in [1.29, 1.82) is 0 Å². The van der Waals surface area contributed by atoms with Gasteiger partial charge in [0.15, 0.2) is 0 Å². The molecule has 0 aliphatic heterocycles. The average molecular weight is 175 g/mol. The zero-order chi connectivity index (χ0) is 9.52. The van der Waals surface area contributed by atoms with E-state index in [1.807, 2.05) is 0 Å². The van der Waals surface area contributed by atoms with Crippen LogP contribution in [-0.4, -0.2) is 0 Å². The minimum atomic E-state index is 0.739. The lowest BCUT2D eigenvalue weighted by molar-refractivity contribution is 0.579. The predicted molar refractivity (Wildman–Crippen MR) is 58.7 cm³/mol. The molecule has 0 aliphatic rings. The Morgan fingerprint density at radius 3 is 2.46 bits per heavy atom. The lowest BCUT2D eigenvalue weighted by Gasteiger charge is -2.14. The number of benzene rings is 1. The maximum atomic E-state index is 3.89. The van der Waals surface area contributed by atoms with E-state index in [9.17, 15) is 0 Å². The highest BCUT2D eigenvalue weighted by molar-refractivity contribution is 5.19. The number of unbranched alkanes of at least 4 members (excludes halogenated alkanes) is 1. The summed E-state index contributed by atoms with van der Waals surface area (Å²) < 4.78 is 0. The fraction of sp³-hybridized carbons (Fsp3) is 0.462. The SMILES string of the molecule is [CH2]CCCC(CC)c1ccccc1. The van der Waals surface area contributed by atoms with Crippen molar-refractivity contribution in [1.82, 2.24) is 0 Å². The van der Waals surface area contributed by atoms with Crippen LogP contribution >= 0.6 is 0 Å². The van der Waals surface area contributed by atoms with Gasteiger partial charge in [0, 0.05) is 0 Å². The summed E-state index contributed by atoms with van der Waals surface area (Å²) in [6.07, 6.45) is 4.82. The van der Waals surface area contributed by atoms with Crippen LogP contribution in [0.4, 0.5) is 0 Å². The van der Waals surface area contributed by atoms with Crippen molar-refractivity contribution in [3.8, 4) is 0 Å². The van der Waals surface area contributed by atoms with Crippen molar-refractivity contribution in [2.75, 3.05) is 0 Å². The third kappa shape index (κ3) is 3.22. The van der Waals surface area contributed by atoms with Crippen LogP contribution in [0.15, 0.2) is 30.3 Å². The van der Waals surface area contributed by atoms with Crippen molar-refractivity contribution in [3.05, 3.63) is 42.8 Å². The molecular formula is C13H19. The lowest BCUT2D eigenvalue weighted by atomic mass is 9.91. The zero-order valence-electron chi connectivity index (χ0n) is 8.50. The van der Waals surface area contributed by atoms with Crippen LogP contribution in [0.25, 0.3) is 0 Å². The normalized spacial score (nSPS) is 12.8. The Balaban J connectivity index is 2.56. The van der Waals surface area contributed by atoms with Crippen LogP contribution in [0.3, 0.4) is 0 Å². The van der Waals surface area contributed by atoms with E-state index in [1.54, 1.807) is 0 Å². The van der Waals surface area contributed by atoms with E-state index in [0.29, 0.717) is 0 Å². The van der Waals surface area contributed by atoms with E-state index in [2.05, 4.69) is 44.2 Å². The summed E-state index contributed by atoms with van der Waals surface area (Å²) in [5.41, 5.74) is 1.48. The van der Waals surface area contributed by atoms with E-state index in [-0.39, 0.29) is 0 Å². The van der Waals surface area contributed by atoms with Crippen molar-refractivity contribution in [2.24, 2.45) is 0 Å². The fourth-order valence-electron chi connectivity index (χ4n) is 1.72. The first kappa shape index (κ1) is 10.3. The topological polar surface area (TPSA) is 0 Å². The molecule has 0 bridgehead atoms. The molecule has 0 spiro atoms. The summed E-state index contributed by atoms with van der Waals surface area (Å²) in [6, 6.07) is 10.8. The monoisotopic (exact) mass is 175 g/mol. The molecule has 1 rings (SSSR count). The van der Waals surface area contributed by atoms with Gasteiger partial charge in [-0.3, -0.25) is 0 Å². The second kappa shape index (κ2) is 5.80. The fourth-order valence-corrected chi connectivity index (χ4v) is 1.72. The summed E-state index contributed by atoms with van der Waals surface area (Å²) in [5.74, 6) is 0.739. The Bertz CT molecular complexity index is 213. The molecule has 1 radical (unpaired) electrons. The predicted octanol–water partition coefficient (Wildman–Crippen LogP) is 4.18. The minimum Gasteiger partial charge on any atom is -0.0648 e. The number of hydrogen-bond donors (Lipinski definition) is 0. The number of rotatable bonds is 5. The van der Waals surface area contributed by atoms with Gasteiger partial charge in [0.1, 0.15) is 0 Å². The van der Waals surface area contributed by atoms with Crippen LogP contribution in [0.2, 0.25) is 0 Å². The van der Waals surface area contributed by atoms with Gasteiger partial charge in [-0.05, 0) is 24.3 Å². The Hall–Kier alpha value is -0.780. The lowest BCUT2D eigenvalue weighted by Crippen LogP contribution is -1.96. The van der Waals surface area contributed by atoms with Gasteiger partial charge < -0.3 is 0 Å². The van der Waals surface area contributed by atoms with Gasteiger partial charge in [-0.2, -0.15) is 0 Å². The Labute approximate surface area is 82.0 Å². The van der Waals surface area contributed by atoms with Gasteiger partial charge in [-0.25, -0.2) is 0 Å². The first-order valence-electron chi connectivity index (χ1n) is 5.22. The third-order valence-corrected chi connectivity index (χ3v) is 2.57. The van der Waals surface area contributed by atoms with Gasteiger partial charge in [0.25, 0.3) is 0 Å². The summed E-state index contributed by atoms with van der Waals surface area (Å²) in [4.78, 5) is 0. The van der Waals surface area contributed by atoms with Crippen LogP contribution in [0.1, 0.15) is 44.1 Å². The van der Waals surface area contributed by atoms with E-state index in [4.69, 9.17) is 0 Å². The molecule has 0 amide bonds. The molecule has 13 heavy (non-hydrogen) atoms. The van der Waals surface area contributed by atoms with E-state index >= 15 is 0 Å². The second-order valence-corrected chi connectivity index (χ2v) is 3.51. The van der Waals surface area contributed by atoms with Gasteiger partial charge in [0.2, 0.25) is 0 Å². The van der Waals surface area contributed by atoms with Crippen LogP contribution in [0.5, 0.6) is 0 Å². The van der Waals surface area contributed by atoms with Crippen molar-refractivity contribution >= 4 is 0 Å². The smallest absolute Gasteiger partial charge is 0.0165 e. The van der Waals surface area contributed by atoms with Crippen LogP contribution in [-0.2, 0) is 0 Å². The van der Waals surface area contributed by atoms with Crippen molar-refractivity contribution in [2.45, 2.75) is 38.5 Å². The third-order valence-electron chi connectivity index (χ3n) is 2.57.